The molecule has 0 aromatic carbocycles. The van der Waals surface area contributed by atoms with E-state index in [1.165, 1.54) is 96.3 Å². The molecule has 0 bridgehead atoms. The van der Waals surface area contributed by atoms with Crippen molar-refractivity contribution in [1.82, 2.24) is 34.6 Å². The number of hydrogen-bond acceptors (Lipinski definition) is 10. The lowest BCUT2D eigenvalue weighted by molar-refractivity contribution is -0.238. The smallest absolute Gasteiger partial charge is 0.236 e. The van der Waals surface area contributed by atoms with Crippen LogP contribution in [0.5, 0.6) is 0 Å². The Kier molecular flexibility index (Phi) is 15.1. The number of piperidine rings is 5. The van der Waals surface area contributed by atoms with Crippen molar-refractivity contribution in [2.45, 2.75) is 232 Å². The van der Waals surface area contributed by atoms with Gasteiger partial charge in [0.05, 0.1) is 6.10 Å². The summed E-state index contributed by atoms with van der Waals surface area (Å²) >= 11 is 7.21. The molecule has 0 N–H and O–H groups in total. The standard InChI is InChI=1S/C44H80ClN9O/c1-10-11-12-21-30-55-39-31-43(49-26-17-13-22-35(49)6,50-27-18-14-23-36(50)7)54(42-47-40(45)46-41(48-42)53(33(2)3)34(4)5)44(32-39,51-28-19-15-24-37(51)8)52-29-20-16-25-38(52)9/h33-39H,10-32H2,1-9H3. The van der Waals surface area contributed by atoms with E-state index in [1.54, 1.807) is 0 Å². The number of anilines is 2. The highest BCUT2D eigenvalue weighted by atomic mass is 35.5. The Morgan fingerprint density at radius 1 is 0.636 bits per heavy atom. The molecule has 5 aliphatic heterocycles. The monoisotopic (exact) mass is 786 g/mol. The van der Waals surface area contributed by atoms with Gasteiger partial charge in [0, 0.05) is 81.9 Å². The largest absolute Gasteiger partial charge is 0.378 e. The first-order chi connectivity index (χ1) is 26.4. The number of rotatable bonds is 14. The fourth-order valence-corrected chi connectivity index (χ4v) is 12.0. The summed E-state index contributed by atoms with van der Waals surface area (Å²) in [5.74, 6) is 0.383. The van der Waals surface area contributed by atoms with Gasteiger partial charge in [-0.05, 0) is 125 Å². The summed E-state index contributed by atoms with van der Waals surface area (Å²) in [6, 6.07) is 2.04. The van der Waals surface area contributed by atoms with Crippen molar-refractivity contribution in [2.24, 2.45) is 0 Å². The highest BCUT2D eigenvalue weighted by Crippen LogP contribution is 2.54. The maximum absolute atomic E-state index is 7.36. The zero-order valence-electron chi connectivity index (χ0n) is 36.6. The second kappa shape index (κ2) is 19.2. The number of nitrogens with zero attached hydrogens (tertiary/aromatic N) is 9. The molecule has 10 nitrogen and oxygen atoms in total. The van der Waals surface area contributed by atoms with Gasteiger partial charge in [0.2, 0.25) is 17.2 Å². The molecule has 0 aliphatic carbocycles. The second-order valence-electron chi connectivity index (χ2n) is 18.8. The summed E-state index contributed by atoms with van der Waals surface area (Å²) < 4.78 is 7.36. The van der Waals surface area contributed by atoms with Gasteiger partial charge in [0.15, 0.2) is 11.6 Å². The predicted molar refractivity (Wildman–Crippen MR) is 229 cm³/mol. The van der Waals surface area contributed by atoms with E-state index in [-0.39, 0.29) is 18.2 Å². The average molecular weight is 787 g/mol. The Hall–Kier alpha value is -1.30. The van der Waals surface area contributed by atoms with Crippen LogP contribution in [-0.4, -0.2) is 121 Å². The Balaban J connectivity index is 1.69. The maximum atomic E-state index is 7.36. The lowest BCUT2D eigenvalue weighted by Gasteiger charge is -2.72. The molecule has 0 saturated carbocycles. The molecule has 55 heavy (non-hydrogen) atoms. The Morgan fingerprint density at radius 3 is 1.45 bits per heavy atom. The van der Waals surface area contributed by atoms with Crippen LogP contribution in [0.1, 0.15) is 178 Å². The van der Waals surface area contributed by atoms with Gasteiger partial charge >= 0.3 is 0 Å². The van der Waals surface area contributed by atoms with Gasteiger partial charge in [0.25, 0.3) is 0 Å². The minimum Gasteiger partial charge on any atom is -0.378 e. The van der Waals surface area contributed by atoms with Crippen molar-refractivity contribution in [2.75, 3.05) is 42.6 Å². The minimum absolute atomic E-state index is 0.0870. The number of aromatic nitrogens is 3. The Morgan fingerprint density at radius 2 is 1.07 bits per heavy atom. The molecular formula is C44H80ClN9O. The van der Waals surface area contributed by atoms with Crippen molar-refractivity contribution in [3.05, 3.63) is 5.28 Å². The Labute approximate surface area is 341 Å². The fraction of sp³-hybridized carbons (Fsp3) is 0.932. The van der Waals surface area contributed by atoms with Gasteiger partial charge in [-0.2, -0.15) is 15.0 Å². The van der Waals surface area contributed by atoms with E-state index in [0.29, 0.717) is 35.4 Å². The normalized spacial score (nSPS) is 33.8. The van der Waals surface area contributed by atoms with Crippen LogP contribution in [0.4, 0.5) is 11.9 Å². The molecule has 314 valence electrons. The molecule has 4 atom stereocenters. The molecule has 5 fully saturated rings. The van der Waals surface area contributed by atoms with Crippen LogP contribution in [0.25, 0.3) is 0 Å². The zero-order chi connectivity index (χ0) is 39.3. The van der Waals surface area contributed by atoms with Gasteiger partial charge in [-0.3, -0.25) is 24.5 Å². The van der Waals surface area contributed by atoms with Crippen LogP contribution in [0.15, 0.2) is 0 Å². The number of unbranched alkanes of at least 4 members (excludes halogenated alkanes) is 3. The van der Waals surface area contributed by atoms with Crippen LogP contribution in [0.2, 0.25) is 5.28 Å². The van der Waals surface area contributed by atoms with E-state index in [1.807, 2.05) is 0 Å². The predicted octanol–water partition coefficient (Wildman–Crippen LogP) is 9.52. The van der Waals surface area contributed by atoms with E-state index >= 15 is 0 Å². The average Bonchev–Trinajstić information content (AvgIpc) is 3.14. The summed E-state index contributed by atoms with van der Waals surface area (Å²) in [6.45, 7) is 26.3. The van der Waals surface area contributed by atoms with Crippen molar-refractivity contribution < 1.29 is 4.74 Å². The molecular weight excluding hydrogens is 706 g/mol. The van der Waals surface area contributed by atoms with E-state index in [9.17, 15) is 0 Å². The third kappa shape index (κ3) is 8.85. The number of hydrogen-bond donors (Lipinski definition) is 0. The molecule has 6 heterocycles. The van der Waals surface area contributed by atoms with Crippen molar-refractivity contribution in [3.8, 4) is 0 Å². The molecule has 5 saturated heterocycles. The lowest BCUT2D eigenvalue weighted by atomic mass is 9.82. The van der Waals surface area contributed by atoms with Crippen molar-refractivity contribution >= 4 is 23.5 Å². The van der Waals surface area contributed by atoms with E-state index in [4.69, 9.17) is 31.3 Å². The van der Waals surface area contributed by atoms with Crippen molar-refractivity contribution in [1.29, 1.82) is 0 Å². The van der Waals surface area contributed by atoms with Gasteiger partial charge in [-0.1, -0.05) is 51.9 Å². The molecule has 6 rings (SSSR count). The molecule has 5 aliphatic rings. The molecule has 11 heteroatoms. The summed E-state index contributed by atoms with van der Waals surface area (Å²) in [6.07, 6.45) is 21.5. The van der Waals surface area contributed by atoms with Gasteiger partial charge in [-0.15, -0.1) is 0 Å². The first kappa shape index (κ1) is 43.3. The summed E-state index contributed by atoms with van der Waals surface area (Å²) in [7, 11) is 0. The van der Waals surface area contributed by atoms with Gasteiger partial charge < -0.3 is 9.64 Å². The quantitative estimate of drug-likeness (QED) is 0.171. The van der Waals surface area contributed by atoms with Crippen LogP contribution in [-0.2, 0) is 4.74 Å². The first-order valence-corrected chi connectivity index (χ1v) is 23.5. The zero-order valence-corrected chi connectivity index (χ0v) is 37.4. The van der Waals surface area contributed by atoms with Gasteiger partial charge in [0.1, 0.15) is 0 Å². The third-order valence-corrected chi connectivity index (χ3v) is 14.4. The highest BCUT2D eigenvalue weighted by Gasteiger charge is 2.67. The van der Waals surface area contributed by atoms with Crippen LogP contribution in [0.3, 0.4) is 0 Å². The summed E-state index contributed by atoms with van der Waals surface area (Å²) in [4.78, 5) is 32.8. The third-order valence-electron chi connectivity index (χ3n) is 14.3. The fourth-order valence-electron chi connectivity index (χ4n) is 11.8. The SMILES string of the molecule is CCCCCCOC1CC(N2CCCCC2C)(N2CCCCC2C)N(c2nc(Cl)nc(N(C(C)C)C(C)C)n2)C(N2CCCCC2C)(N2CCCCC2C)C1. The van der Waals surface area contributed by atoms with Crippen LogP contribution < -0.4 is 9.80 Å². The van der Waals surface area contributed by atoms with Crippen LogP contribution >= 0.6 is 11.6 Å². The van der Waals surface area contributed by atoms with E-state index in [0.717, 1.165) is 58.0 Å². The summed E-state index contributed by atoms with van der Waals surface area (Å²) in [5.41, 5.74) is 0. The van der Waals surface area contributed by atoms with Gasteiger partial charge in [-0.25, -0.2) is 0 Å². The molecule has 0 spiro atoms. The topological polar surface area (TPSA) is 67.3 Å². The maximum Gasteiger partial charge on any atom is 0.236 e. The lowest BCUT2D eigenvalue weighted by Crippen LogP contribution is -2.88. The molecule has 1 aromatic heterocycles. The number of halogens is 1. The van der Waals surface area contributed by atoms with E-state index in [2.05, 4.69) is 91.7 Å². The highest BCUT2D eigenvalue weighted by molar-refractivity contribution is 6.28. The molecule has 0 amide bonds. The molecule has 1 aromatic rings. The van der Waals surface area contributed by atoms with Crippen molar-refractivity contribution in [3.63, 3.8) is 0 Å². The molecule has 4 unspecified atom stereocenters. The van der Waals surface area contributed by atoms with Crippen LogP contribution in [0, 0.1) is 0 Å². The number of likely N-dealkylation sites (tertiary alicyclic amines) is 4. The minimum atomic E-state index is -0.525. The first-order valence-electron chi connectivity index (χ1n) is 23.1. The Bertz CT molecular complexity index is 1240. The summed E-state index contributed by atoms with van der Waals surface area (Å²) in [5, 5.41) is 0.292. The number of ether oxygens (including phenoxy) is 1. The van der Waals surface area contributed by atoms with E-state index < -0.39 is 11.6 Å². The molecule has 0 radical (unpaired) electrons. The second-order valence-corrected chi connectivity index (χ2v) is 19.1.